The number of hydrogen-bond donors (Lipinski definition) is 1. The zero-order chi connectivity index (χ0) is 20.0. The van der Waals surface area contributed by atoms with E-state index in [1.165, 1.54) is 29.5 Å². The number of alkyl halides is 3. The van der Waals surface area contributed by atoms with Crippen LogP contribution in [0.15, 0.2) is 66.1 Å². The topological polar surface area (TPSA) is 42.0 Å². The molecule has 2 aromatic carbocycles. The Morgan fingerprint density at radius 3 is 2.46 bits per heavy atom. The Hall–Kier alpha value is -2.93. The first-order valence-corrected chi connectivity index (χ1v) is 9.43. The summed E-state index contributed by atoms with van der Waals surface area (Å²) < 4.78 is 37.9. The molecular formula is C21H17F3N2OS. The molecule has 7 heteroatoms. The number of aromatic nitrogens is 1. The normalized spacial score (nSPS) is 11.7. The van der Waals surface area contributed by atoms with Gasteiger partial charge < -0.3 is 5.32 Å². The van der Waals surface area contributed by atoms with Gasteiger partial charge in [-0.15, -0.1) is 11.3 Å². The van der Waals surface area contributed by atoms with E-state index in [0.29, 0.717) is 23.5 Å². The predicted octanol–water partition coefficient (Wildman–Crippen LogP) is 5.20. The zero-order valence-corrected chi connectivity index (χ0v) is 15.6. The van der Waals surface area contributed by atoms with Gasteiger partial charge in [0.2, 0.25) is 5.91 Å². The fourth-order valence-electron chi connectivity index (χ4n) is 2.46. The van der Waals surface area contributed by atoms with Crippen molar-refractivity contribution in [1.82, 2.24) is 10.3 Å². The summed E-state index contributed by atoms with van der Waals surface area (Å²) in [6, 6.07) is 14.4. The lowest BCUT2D eigenvalue weighted by Gasteiger charge is -2.06. The van der Waals surface area contributed by atoms with Crippen LogP contribution >= 0.6 is 11.3 Å². The van der Waals surface area contributed by atoms with Gasteiger partial charge in [0.15, 0.2) is 0 Å². The first-order chi connectivity index (χ1) is 13.4. The van der Waals surface area contributed by atoms with Crippen LogP contribution in [0.4, 0.5) is 13.2 Å². The van der Waals surface area contributed by atoms with E-state index >= 15 is 0 Å². The van der Waals surface area contributed by atoms with Crippen LogP contribution in [0.25, 0.3) is 16.6 Å². The van der Waals surface area contributed by atoms with Gasteiger partial charge in [-0.3, -0.25) is 4.79 Å². The van der Waals surface area contributed by atoms with Crippen LogP contribution in [0.3, 0.4) is 0 Å². The summed E-state index contributed by atoms with van der Waals surface area (Å²) in [7, 11) is 0. The Morgan fingerprint density at radius 1 is 1.07 bits per heavy atom. The molecule has 0 fully saturated rings. The number of carbonyl (C=O) groups is 1. The number of amides is 1. The van der Waals surface area contributed by atoms with Gasteiger partial charge in [0.25, 0.3) is 0 Å². The van der Waals surface area contributed by atoms with Gasteiger partial charge >= 0.3 is 6.18 Å². The molecule has 1 aromatic heterocycles. The maximum absolute atomic E-state index is 12.6. The number of thiazole rings is 1. The molecule has 0 aliphatic carbocycles. The highest BCUT2D eigenvalue weighted by molar-refractivity contribution is 7.13. The Balaban J connectivity index is 1.51. The van der Waals surface area contributed by atoms with Gasteiger partial charge in [0.1, 0.15) is 5.01 Å². The average molecular weight is 402 g/mol. The van der Waals surface area contributed by atoms with Crippen molar-refractivity contribution >= 4 is 23.3 Å². The molecule has 1 amide bonds. The first-order valence-electron chi connectivity index (χ1n) is 8.55. The number of carbonyl (C=O) groups excluding carboxylic acids is 1. The minimum Gasteiger partial charge on any atom is -0.352 e. The average Bonchev–Trinajstić information content (AvgIpc) is 3.15. The first kappa shape index (κ1) is 19.8. The van der Waals surface area contributed by atoms with E-state index in [4.69, 9.17) is 0 Å². The van der Waals surface area contributed by atoms with E-state index < -0.39 is 11.7 Å². The lowest BCUT2D eigenvalue weighted by atomic mass is 10.1. The van der Waals surface area contributed by atoms with Gasteiger partial charge in [0, 0.05) is 30.0 Å². The van der Waals surface area contributed by atoms with Crippen molar-refractivity contribution in [2.24, 2.45) is 0 Å². The predicted molar refractivity (Wildman–Crippen MR) is 105 cm³/mol. The molecule has 3 nitrogen and oxygen atoms in total. The number of nitrogens with one attached hydrogen (secondary N) is 1. The summed E-state index contributed by atoms with van der Waals surface area (Å²) in [5, 5.41) is 5.29. The van der Waals surface area contributed by atoms with Crippen LogP contribution in [0.5, 0.6) is 0 Å². The standard InChI is InChI=1S/C21H17F3N2OS/c22-21(23,24)17-9-7-16(8-10-17)20-26-18(14-28-20)12-13-25-19(27)11-6-15-4-2-1-3-5-15/h1-11,14H,12-13H2,(H,25,27)/b11-6+. The summed E-state index contributed by atoms with van der Waals surface area (Å²) >= 11 is 1.36. The summed E-state index contributed by atoms with van der Waals surface area (Å²) in [6.07, 6.45) is -0.591. The van der Waals surface area contributed by atoms with Crippen molar-refractivity contribution in [3.63, 3.8) is 0 Å². The number of rotatable bonds is 6. The molecule has 3 aromatic rings. The lowest BCUT2D eigenvalue weighted by Crippen LogP contribution is -2.23. The molecule has 0 aliphatic rings. The van der Waals surface area contributed by atoms with Gasteiger partial charge in [-0.2, -0.15) is 13.2 Å². The van der Waals surface area contributed by atoms with Gasteiger partial charge in [-0.25, -0.2) is 4.98 Å². The highest BCUT2D eigenvalue weighted by Gasteiger charge is 2.30. The molecule has 1 N–H and O–H groups in total. The van der Waals surface area contributed by atoms with Gasteiger partial charge in [-0.1, -0.05) is 42.5 Å². The largest absolute Gasteiger partial charge is 0.416 e. The summed E-state index contributed by atoms with van der Waals surface area (Å²) in [6.45, 7) is 0.425. The second kappa shape index (κ2) is 8.84. The second-order valence-electron chi connectivity index (χ2n) is 6.00. The van der Waals surface area contributed by atoms with Crippen LogP contribution in [-0.4, -0.2) is 17.4 Å². The van der Waals surface area contributed by atoms with E-state index in [1.807, 2.05) is 35.7 Å². The molecule has 0 radical (unpaired) electrons. The molecular weight excluding hydrogens is 385 g/mol. The molecule has 3 rings (SSSR count). The number of halogens is 3. The molecule has 0 unspecified atom stereocenters. The molecule has 0 saturated heterocycles. The molecule has 1 heterocycles. The Morgan fingerprint density at radius 2 is 1.79 bits per heavy atom. The maximum atomic E-state index is 12.6. The van der Waals surface area contributed by atoms with Gasteiger partial charge in [-0.05, 0) is 23.8 Å². The lowest BCUT2D eigenvalue weighted by molar-refractivity contribution is -0.137. The van der Waals surface area contributed by atoms with Crippen molar-refractivity contribution in [2.75, 3.05) is 6.54 Å². The van der Waals surface area contributed by atoms with Crippen molar-refractivity contribution in [3.05, 3.63) is 82.9 Å². The minimum absolute atomic E-state index is 0.193. The third kappa shape index (κ3) is 5.53. The maximum Gasteiger partial charge on any atom is 0.416 e. The SMILES string of the molecule is O=C(/C=C/c1ccccc1)NCCc1csc(-c2ccc(C(F)(F)F)cc2)n1. The minimum atomic E-state index is -4.35. The van der Waals surface area contributed by atoms with E-state index in [9.17, 15) is 18.0 Å². The van der Waals surface area contributed by atoms with Gasteiger partial charge in [0.05, 0.1) is 11.3 Å². The Kier molecular flexibility index (Phi) is 6.26. The van der Waals surface area contributed by atoms with Crippen molar-refractivity contribution in [3.8, 4) is 10.6 Å². The fourth-order valence-corrected chi connectivity index (χ4v) is 3.33. The third-order valence-electron chi connectivity index (χ3n) is 3.92. The van der Waals surface area contributed by atoms with Crippen LogP contribution in [-0.2, 0) is 17.4 Å². The Bertz CT molecular complexity index is 948. The zero-order valence-electron chi connectivity index (χ0n) is 14.7. The van der Waals surface area contributed by atoms with Crippen LogP contribution in [0, 0.1) is 0 Å². The van der Waals surface area contributed by atoms with E-state index in [0.717, 1.165) is 23.4 Å². The van der Waals surface area contributed by atoms with Crippen LogP contribution in [0.2, 0.25) is 0 Å². The molecule has 144 valence electrons. The van der Waals surface area contributed by atoms with Crippen LogP contribution in [0.1, 0.15) is 16.8 Å². The van der Waals surface area contributed by atoms with Crippen molar-refractivity contribution in [2.45, 2.75) is 12.6 Å². The highest BCUT2D eigenvalue weighted by atomic mass is 32.1. The quantitative estimate of drug-likeness (QED) is 0.576. The third-order valence-corrected chi connectivity index (χ3v) is 4.86. The Labute approximate surface area is 164 Å². The monoisotopic (exact) mass is 402 g/mol. The van der Waals surface area contributed by atoms with Crippen molar-refractivity contribution in [1.29, 1.82) is 0 Å². The van der Waals surface area contributed by atoms with Crippen LogP contribution < -0.4 is 5.32 Å². The fraction of sp³-hybridized carbons (Fsp3) is 0.143. The van der Waals surface area contributed by atoms with E-state index in [2.05, 4.69) is 10.3 Å². The molecule has 0 aliphatic heterocycles. The van der Waals surface area contributed by atoms with E-state index in [-0.39, 0.29) is 5.91 Å². The number of nitrogens with zero attached hydrogens (tertiary/aromatic N) is 1. The highest BCUT2D eigenvalue weighted by Crippen LogP contribution is 2.31. The molecule has 0 spiro atoms. The molecule has 0 bridgehead atoms. The smallest absolute Gasteiger partial charge is 0.352 e. The second-order valence-corrected chi connectivity index (χ2v) is 6.86. The molecule has 28 heavy (non-hydrogen) atoms. The van der Waals surface area contributed by atoms with E-state index in [1.54, 1.807) is 6.08 Å². The summed E-state index contributed by atoms with van der Waals surface area (Å²) in [4.78, 5) is 16.3. The summed E-state index contributed by atoms with van der Waals surface area (Å²) in [5.41, 5.74) is 1.68. The number of benzene rings is 2. The van der Waals surface area contributed by atoms with Crippen molar-refractivity contribution < 1.29 is 18.0 Å². The summed E-state index contributed by atoms with van der Waals surface area (Å²) in [5.74, 6) is -0.193. The number of hydrogen-bond acceptors (Lipinski definition) is 3. The molecule has 0 atom stereocenters. The molecule has 0 saturated carbocycles.